The fourth-order valence-electron chi connectivity index (χ4n) is 3.71. The van der Waals surface area contributed by atoms with E-state index in [1.54, 1.807) is 6.07 Å². The van der Waals surface area contributed by atoms with E-state index in [1.165, 1.54) is 29.7 Å². The predicted octanol–water partition coefficient (Wildman–Crippen LogP) is 3.89. The Morgan fingerprint density at radius 3 is 2.50 bits per heavy atom. The van der Waals surface area contributed by atoms with Crippen LogP contribution in [0.5, 0.6) is 0 Å². The van der Waals surface area contributed by atoms with Gasteiger partial charge in [0.15, 0.2) is 0 Å². The number of rotatable bonds is 8. The summed E-state index contributed by atoms with van der Waals surface area (Å²) in [6.07, 6.45) is 5.80. The normalized spacial score (nSPS) is 15.5. The Balaban J connectivity index is 1.41. The molecule has 1 heterocycles. The first-order chi connectivity index (χ1) is 12.7. The zero-order valence-electron chi connectivity index (χ0n) is 15.0. The Kier molecular flexibility index (Phi) is 6.45. The quantitative estimate of drug-likeness (QED) is 0.693. The van der Waals surface area contributed by atoms with Crippen LogP contribution < -0.4 is 10.6 Å². The maximum atomic E-state index is 12.2. The fourth-order valence-corrected chi connectivity index (χ4v) is 4.35. The molecule has 0 bridgehead atoms. The molecule has 2 amide bonds. The number of hydrogen-bond acceptors (Lipinski definition) is 3. The Labute approximate surface area is 159 Å². The second-order valence-electron chi connectivity index (χ2n) is 7.00. The van der Waals surface area contributed by atoms with Crippen molar-refractivity contribution in [1.82, 2.24) is 10.6 Å². The van der Waals surface area contributed by atoms with E-state index in [1.807, 2.05) is 16.8 Å². The Hall–Kier alpha value is -2.14. The highest BCUT2D eigenvalue weighted by atomic mass is 32.1. The molecule has 1 aliphatic carbocycles. The minimum atomic E-state index is -0.0688. The first kappa shape index (κ1) is 18.6. The zero-order chi connectivity index (χ0) is 18.2. The molecule has 4 nitrogen and oxygen atoms in total. The Morgan fingerprint density at radius 2 is 1.81 bits per heavy atom. The predicted molar refractivity (Wildman–Crippen MR) is 105 cm³/mol. The molecule has 0 unspecified atom stereocenters. The van der Waals surface area contributed by atoms with E-state index in [-0.39, 0.29) is 17.2 Å². The van der Waals surface area contributed by atoms with Crippen molar-refractivity contribution in [3.8, 4) is 0 Å². The van der Waals surface area contributed by atoms with Crippen LogP contribution in [0.3, 0.4) is 0 Å². The summed E-state index contributed by atoms with van der Waals surface area (Å²) in [5, 5.41) is 9.70. The third-order valence-corrected chi connectivity index (χ3v) is 5.90. The molecule has 138 valence electrons. The SMILES string of the molecule is O=C(CCCNC(=O)c1ccsc1)NCC1(c2ccccc2)CCCC1. The van der Waals surface area contributed by atoms with Crippen molar-refractivity contribution in [3.05, 3.63) is 58.3 Å². The summed E-state index contributed by atoms with van der Waals surface area (Å²) in [7, 11) is 0. The molecule has 0 radical (unpaired) electrons. The number of benzene rings is 1. The number of carbonyl (C=O) groups excluding carboxylic acids is 2. The van der Waals surface area contributed by atoms with Crippen LogP contribution in [0.2, 0.25) is 0 Å². The third-order valence-electron chi connectivity index (χ3n) is 5.22. The van der Waals surface area contributed by atoms with E-state index in [4.69, 9.17) is 0 Å². The van der Waals surface area contributed by atoms with Gasteiger partial charge in [0.1, 0.15) is 0 Å². The maximum Gasteiger partial charge on any atom is 0.252 e. The maximum absolute atomic E-state index is 12.2. The van der Waals surface area contributed by atoms with Crippen LogP contribution in [0.15, 0.2) is 47.2 Å². The molecule has 1 fully saturated rings. The molecule has 0 saturated heterocycles. The summed E-state index contributed by atoms with van der Waals surface area (Å²) in [4.78, 5) is 24.1. The lowest BCUT2D eigenvalue weighted by molar-refractivity contribution is -0.121. The van der Waals surface area contributed by atoms with Gasteiger partial charge in [-0.05, 0) is 36.3 Å². The average molecular weight is 371 g/mol. The summed E-state index contributed by atoms with van der Waals surface area (Å²) >= 11 is 1.50. The second-order valence-corrected chi connectivity index (χ2v) is 7.78. The first-order valence-corrected chi connectivity index (χ1v) is 10.3. The van der Waals surface area contributed by atoms with Gasteiger partial charge in [-0.1, -0.05) is 43.2 Å². The molecule has 5 heteroatoms. The standard InChI is InChI=1S/C21H26N2O2S/c24-19(9-6-13-22-20(25)17-10-14-26-15-17)23-16-21(11-4-5-12-21)18-7-2-1-3-8-18/h1-3,7-8,10,14-15H,4-6,9,11-13,16H2,(H,22,25)(H,23,24). The summed E-state index contributed by atoms with van der Waals surface area (Å²) < 4.78 is 0. The van der Waals surface area contributed by atoms with Crippen molar-refractivity contribution in [2.75, 3.05) is 13.1 Å². The Bertz CT molecular complexity index is 707. The van der Waals surface area contributed by atoms with Gasteiger partial charge in [-0.3, -0.25) is 9.59 Å². The van der Waals surface area contributed by atoms with E-state index in [9.17, 15) is 9.59 Å². The first-order valence-electron chi connectivity index (χ1n) is 9.32. The molecule has 1 aliphatic rings. The van der Waals surface area contributed by atoms with Crippen LogP contribution in [0.4, 0.5) is 0 Å². The Morgan fingerprint density at radius 1 is 1.04 bits per heavy atom. The molecule has 26 heavy (non-hydrogen) atoms. The van der Waals surface area contributed by atoms with Crippen LogP contribution in [-0.2, 0) is 10.2 Å². The highest BCUT2D eigenvalue weighted by molar-refractivity contribution is 7.08. The lowest BCUT2D eigenvalue weighted by atomic mass is 9.79. The molecule has 0 atom stereocenters. The van der Waals surface area contributed by atoms with Crippen LogP contribution in [0.1, 0.15) is 54.4 Å². The van der Waals surface area contributed by atoms with Crippen LogP contribution in [0.25, 0.3) is 0 Å². The lowest BCUT2D eigenvalue weighted by Crippen LogP contribution is -2.39. The largest absolute Gasteiger partial charge is 0.355 e. The van der Waals surface area contributed by atoms with Gasteiger partial charge in [-0.2, -0.15) is 11.3 Å². The monoisotopic (exact) mass is 370 g/mol. The van der Waals surface area contributed by atoms with Crippen molar-refractivity contribution < 1.29 is 9.59 Å². The van der Waals surface area contributed by atoms with Crippen molar-refractivity contribution >= 4 is 23.2 Å². The highest BCUT2D eigenvalue weighted by Crippen LogP contribution is 2.40. The van der Waals surface area contributed by atoms with Crippen LogP contribution >= 0.6 is 11.3 Å². The molecule has 1 saturated carbocycles. The van der Waals surface area contributed by atoms with Gasteiger partial charge in [0, 0.05) is 35.9 Å². The van der Waals surface area contributed by atoms with Gasteiger partial charge in [0.25, 0.3) is 5.91 Å². The smallest absolute Gasteiger partial charge is 0.252 e. The molecule has 2 aromatic rings. The van der Waals surface area contributed by atoms with Gasteiger partial charge >= 0.3 is 0 Å². The van der Waals surface area contributed by atoms with E-state index < -0.39 is 0 Å². The van der Waals surface area contributed by atoms with Gasteiger partial charge in [-0.15, -0.1) is 0 Å². The van der Waals surface area contributed by atoms with Crippen molar-refractivity contribution in [1.29, 1.82) is 0 Å². The average Bonchev–Trinajstić information content (AvgIpc) is 3.37. The van der Waals surface area contributed by atoms with E-state index in [0.29, 0.717) is 31.5 Å². The van der Waals surface area contributed by atoms with Gasteiger partial charge in [0.05, 0.1) is 0 Å². The second kappa shape index (κ2) is 8.99. The van der Waals surface area contributed by atoms with Crippen LogP contribution in [-0.4, -0.2) is 24.9 Å². The number of amides is 2. The van der Waals surface area contributed by atoms with Crippen molar-refractivity contribution in [3.63, 3.8) is 0 Å². The number of hydrogen-bond donors (Lipinski definition) is 2. The van der Waals surface area contributed by atoms with Gasteiger partial charge in [0.2, 0.25) is 5.91 Å². The molecule has 2 N–H and O–H groups in total. The molecule has 3 rings (SSSR count). The zero-order valence-corrected chi connectivity index (χ0v) is 15.8. The minimum absolute atomic E-state index is 0.0667. The minimum Gasteiger partial charge on any atom is -0.355 e. The fraction of sp³-hybridized carbons (Fsp3) is 0.429. The van der Waals surface area contributed by atoms with Gasteiger partial charge in [-0.25, -0.2) is 0 Å². The van der Waals surface area contributed by atoms with Gasteiger partial charge < -0.3 is 10.6 Å². The summed E-state index contributed by atoms with van der Waals surface area (Å²) in [6, 6.07) is 12.3. The van der Waals surface area contributed by atoms with Crippen molar-refractivity contribution in [2.45, 2.75) is 43.9 Å². The third kappa shape index (κ3) is 4.73. The lowest BCUT2D eigenvalue weighted by Gasteiger charge is -2.30. The molecule has 0 spiro atoms. The van der Waals surface area contributed by atoms with Crippen molar-refractivity contribution in [2.24, 2.45) is 0 Å². The molecule has 1 aromatic carbocycles. The summed E-state index contributed by atoms with van der Waals surface area (Å²) in [5.41, 5.74) is 2.11. The molecular formula is C21H26N2O2S. The van der Waals surface area contributed by atoms with E-state index in [2.05, 4.69) is 34.9 Å². The molecule has 0 aliphatic heterocycles. The highest BCUT2D eigenvalue weighted by Gasteiger charge is 2.35. The van der Waals surface area contributed by atoms with E-state index in [0.717, 1.165) is 12.8 Å². The molecular weight excluding hydrogens is 344 g/mol. The number of thiophene rings is 1. The summed E-state index contributed by atoms with van der Waals surface area (Å²) in [5.74, 6) is -0.00219. The topological polar surface area (TPSA) is 58.2 Å². The number of carbonyl (C=O) groups is 2. The summed E-state index contributed by atoms with van der Waals surface area (Å²) in [6.45, 7) is 1.23. The van der Waals surface area contributed by atoms with Crippen LogP contribution in [0, 0.1) is 0 Å². The van der Waals surface area contributed by atoms with E-state index >= 15 is 0 Å². The number of nitrogens with one attached hydrogen (secondary N) is 2. The molecule has 1 aromatic heterocycles.